The molecule has 0 aromatic rings. The van der Waals surface area contributed by atoms with E-state index in [1.54, 1.807) is 6.92 Å². The third-order valence-electron chi connectivity index (χ3n) is 1.28. The van der Waals surface area contributed by atoms with Crippen molar-refractivity contribution in [3.05, 3.63) is 0 Å². The van der Waals surface area contributed by atoms with Crippen LogP contribution in [0.15, 0.2) is 0 Å². The van der Waals surface area contributed by atoms with Crippen molar-refractivity contribution >= 4 is 12.3 Å². The average Bonchev–Trinajstić information content (AvgIpc) is 1.87. The number of carbonyl (C=O) groups excluding carboxylic acids is 1. The van der Waals surface area contributed by atoms with E-state index in [1.165, 1.54) is 0 Å². The van der Waals surface area contributed by atoms with Crippen molar-refractivity contribution in [3.63, 3.8) is 0 Å². The topological polar surface area (TPSA) is 54.4 Å². The molecule has 3 nitrogen and oxygen atoms in total. The molecule has 0 aliphatic rings. The number of hydrogen-bond acceptors (Lipinski definition) is 2. The lowest BCUT2D eigenvalue weighted by atomic mass is 10.1. The summed E-state index contributed by atoms with van der Waals surface area (Å²) < 4.78 is 0. The molecule has 1 atom stereocenters. The van der Waals surface area contributed by atoms with Gasteiger partial charge in [-0.3, -0.25) is 4.79 Å². The number of carboxylic acids is 1. The molecule has 0 saturated heterocycles. The SMILES string of the molecule is CC(C=O)CCCC(=O)O. The Morgan fingerprint density at radius 2 is 2.30 bits per heavy atom. The van der Waals surface area contributed by atoms with Crippen LogP contribution in [-0.2, 0) is 9.59 Å². The Labute approximate surface area is 60.0 Å². The number of carbonyl (C=O) groups is 2. The van der Waals surface area contributed by atoms with Gasteiger partial charge in [0, 0.05) is 12.3 Å². The molecule has 1 N–H and O–H groups in total. The molecular weight excluding hydrogens is 132 g/mol. The van der Waals surface area contributed by atoms with Crippen LogP contribution < -0.4 is 0 Å². The summed E-state index contributed by atoms with van der Waals surface area (Å²) >= 11 is 0. The predicted molar refractivity (Wildman–Crippen MR) is 36.7 cm³/mol. The summed E-state index contributed by atoms with van der Waals surface area (Å²) in [6.45, 7) is 1.79. The molecule has 0 spiro atoms. The summed E-state index contributed by atoms with van der Waals surface area (Å²) in [6, 6.07) is 0. The van der Waals surface area contributed by atoms with Crippen LogP contribution in [0.3, 0.4) is 0 Å². The molecule has 0 radical (unpaired) electrons. The molecule has 3 heteroatoms. The van der Waals surface area contributed by atoms with Crippen LogP contribution in [0.4, 0.5) is 0 Å². The lowest BCUT2D eigenvalue weighted by Crippen LogP contribution is -1.99. The van der Waals surface area contributed by atoms with Crippen molar-refractivity contribution in [1.82, 2.24) is 0 Å². The molecule has 0 heterocycles. The second-order valence-corrected chi connectivity index (χ2v) is 2.40. The molecule has 0 aromatic carbocycles. The van der Waals surface area contributed by atoms with Crippen LogP contribution >= 0.6 is 0 Å². The Morgan fingerprint density at radius 3 is 2.70 bits per heavy atom. The summed E-state index contributed by atoms with van der Waals surface area (Å²) in [6.07, 6.45) is 2.28. The fourth-order valence-corrected chi connectivity index (χ4v) is 0.643. The zero-order valence-electron chi connectivity index (χ0n) is 6.04. The molecule has 10 heavy (non-hydrogen) atoms. The quantitative estimate of drug-likeness (QED) is 0.587. The van der Waals surface area contributed by atoms with E-state index in [-0.39, 0.29) is 12.3 Å². The number of rotatable bonds is 5. The zero-order chi connectivity index (χ0) is 7.98. The van der Waals surface area contributed by atoms with Gasteiger partial charge in [-0.25, -0.2) is 0 Å². The van der Waals surface area contributed by atoms with E-state index in [1.807, 2.05) is 0 Å². The van der Waals surface area contributed by atoms with E-state index in [0.717, 1.165) is 6.29 Å². The summed E-state index contributed by atoms with van der Waals surface area (Å²) in [7, 11) is 0. The third-order valence-corrected chi connectivity index (χ3v) is 1.28. The van der Waals surface area contributed by atoms with Gasteiger partial charge in [0.15, 0.2) is 0 Å². The van der Waals surface area contributed by atoms with Crippen molar-refractivity contribution in [1.29, 1.82) is 0 Å². The molecule has 0 rings (SSSR count). The van der Waals surface area contributed by atoms with E-state index in [0.29, 0.717) is 12.8 Å². The van der Waals surface area contributed by atoms with E-state index in [9.17, 15) is 9.59 Å². The van der Waals surface area contributed by atoms with Crippen LogP contribution in [0.1, 0.15) is 26.2 Å². The van der Waals surface area contributed by atoms with Crippen LogP contribution in [0.5, 0.6) is 0 Å². The van der Waals surface area contributed by atoms with E-state index >= 15 is 0 Å². The highest BCUT2D eigenvalue weighted by molar-refractivity contribution is 5.66. The summed E-state index contributed by atoms with van der Waals surface area (Å²) in [5, 5.41) is 8.21. The molecule has 0 aliphatic carbocycles. The van der Waals surface area contributed by atoms with Gasteiger partial charge in [-0.05, 0) is 12.8 Å². The first kappa shape index (κ1) is 9.14. The average molecular weight is 144 g/mol. The van der Waals surface area contributed by atoms with Gasteiger partial charge < -0.3 is 9.90 Å². The summed E-state index contributed by atoms with van der Waals surface area (Å²) in [4.78, 5) is 20.0. The second-order valence-electron chi connectivity index (χ2n) is 2.40. The number of aliphatic carboxylic acids is 1. The predicted octanol–water partition coefficient (Wildman–Crippen LogP) is 1.08. The van der Waals surface area contributed by atoms with Crippen molar-refractivity contribution in [3.8, 4) is 0 Å². The fraction of sp³-hybridized carbons (Fsp3) is 0.714. The van der Waals surface area contributed by atoms with Crippen LogP contribution in [-0.4, -0.2) is 17.4 Å². The Balaban J connectivity index is 3.19. The van der Waals surface area contributed by atoms with E-state index in [2.05, 4.69) is 0 Å². The molecule has 0 fully saturated rings. The van der Waals surface area contributed by atoms with Gasteiger partial charge in [-0.1, -0.05) is 6.92 Å². The molecule has 0 saturated carbocycles. The minimum atomic E-state index is -0.793. The van der Waals surface area contributed by atoms with Crippen molar-refractivity contribution < 1.29 is 14.7 Å². The minimum absolute atomic E-state index is 0.000602. The summed E-state index contributed by atoms with van der Waals surface area (Å²) in [5.41, 5.74) is 0. The standard InChI is InChI=1S/C7H12O3/c1-6(5-8)3-2-4-7(9)10/h5-6H,2-4H2,1H3,(H,9,10). The molecular formula is C7H12O3. The highest BCUT2D eigenvalue weighted by Gasteiger charge is 2.01. The highest BCUT2D eigenvalue weighted by Crippen LogP contribution is 2.03. The number of hydrogen-bond donors (Lipinski definition) is 1. The monoisotopic (exact) mass is 144 g/mol. The maximum absolute atomic E-state index is 10.0. The van der Waals surface area contributed by atoms with Gasteiger partial charge in [0.05, 0.1) is 0 Å². The third kappa shape index (κ3) is 5.28. The Morgan fingerprint density at radius 1 is 1.70 bits per heavy atom. The fourth-order valence-electron chi connectivity index (χ4n) is 0.643. The normalized spacial score (nSPS) is 12.5. The molecule has 0 aliphatic heterocycles. The van der Waals surface area contributed by atoms with Crippen molar-refractivity contribution in [2.45, 2.75) is 26.2 Å². The lowest BCUT2D eigenvalue weighted by molar-refractivity contribution is -0.137. The lowest BCUT2D eigenvalue weighted by Gasteiger charge is -1.98. The van der Waals surface area contributed by atoms with E-state index in [4.69, 9.17) is 5.11 Å². The van der Waals surface area contributed by atoms with Crippen LogP contribution in [0.25, 0.3) is 0 Å². The molecule has 0 bridgehead atoms. The van der Waals surface area contributed by atoms with Crippen LogP contribution in [0.2, 0.25) is 0 Å². The van der Waals surface area contributed by atoms with Gasteiger partial charge in [0.25, 0.3) is 0 Å². The first-order valence-corrected chi connectivity index (χ1v) is 3.34. The first-order valence-electron chi connectivity index (χ1n) is 3.34. The largest absolute Gasteiger partial charge is 0.481 e. The molecule has 1 unspecified atom stereocenters. The Hall–Kier alpha value is -0.860. The van der Waals surface area contributed by atoms with Gasteiger partial charge >= 0.3 is 5.97 Å². The molecule has 0 aromatic heterocycles. The van der Waals surface area contributed by atoms with Crippen molar-refractivity contribution in [2.24, 2.45) is 5.92 Å². The summed E-state index contributed by atoms with van der Waals surface area (Å²) in [5.74, 6) is -0.794. The van der Waals surface area contributed by atoms with Gasteiger partial charge in [0.1, 0.15) is 6.29 Å². The highest BCUT2D eigenvalue weighted by atomic mass is 16.4. The van der Waals surface area contributed by atoms with E-state index < -0.39 is 5.97 Å². The second kappa shape index (κ2) is 4.97. The van der Waals surface area contributed by atoms with Crippen LogP contribution in [0, 0.1) is 5.92 Å². The smallest absolute Gasteiger partial charge is 0.303 e. The first-order chi connectivity index (χ1) is 4.66. The molecule has 58 valence electrons. The van der Waals surface area contributed by atoms with Crippen molar-refractivity contribution in [2.75, 3.05) is 0 Å². The van der Waals surface area contributed by atoms with Gasteiger partial charge in [0.2, 0.25) is 0 Å². The zero-order valence-corrected chi connectivity index (χ0v) is 6.04. The Bertz CT molecular complexity index is 120. The number of aldehydes is 1. The number of carboxylic acid groups (broad SMARTS) is 1. The Kier molecular flexibility index (Phi) is 4.54. The molecule has 0 amide bonds. The minimum Gasteiger partial charge on any atom is -0.481 e. The van der Waals surface area contributed by atoms with Gasteiger partial charge in [-0.2, -0.15) is 0 Å². The maximum atomic E-state index is 10.0. The maximum Gasteiger partial charge on any atom is 0.303 e. The van der Waals surface area contributed by atoms with Gasteiger partial charge in [-0.15, -0.1) is 0 Å².